The molecule has 9 nitrogen and oxygen atoms in total. The van der Waals surface area contributed by atoms with Crippen LogP contribution in [-0.4, -0.2) is 48.5 Å². The van der Waals surface area contributed by atoms with Gasteiger partial charge in [-0.2, -0.15) is 0 Å². The number of carbonyl (C=O) groups is 1. The minimum absolute atomic E-state index is 0.0717. The molecule has 3 heterocycles. The Bertz CT molecular complexity index is 1570. The van der Waals surface area contributed by atoms with Crippen molar-refractivity contribution in [1.29, 1.82) is 0 Å². The fourth-order valence-electron chi connectivity index (χ4n) is 5.44. The normalized spacial score (nSPS) is 16.4. The molecule has 2 aromatic carbocycles. The summed E-state index contributed by atoms with van der Waals surface area (Å²) in [5.41, 5.74) is 6.44. The van der Waals surface area contributed by atoms with E-state index in [1.807, 2.05) is 54.6 Å². The Kier molecular flexibility index (Phi) is 8.23. The maximum absolute atomic E-state index is 12.4. The third-order valence-corrected chi connectivity index (χ3v) is 7.52. The summed E-state index contributed by atoms with van der Waals surface area (Å²) < 4.78 is 18.2. The number of ether oxygens (including phenoxy) is 3. The molecule has 5 rings (SSSR count). The van der Waals surface area contributed by atoms with Crippen LogP contribution in [0.5, 0.6) is 11.5 Å². The van der Waals surface area contributed by atoms with Crippen LogP contribution in [0.3, 0.4) is 0 Å². The molecule has 1 fully saturated rings. The van der Waals surface area contributed by atoms with Crippen LogP contribution >= 0.6 is 12.2 Å². The molecule has 0 aliphatic carbocycles. The van der Waals surface area contributed by atoms with Crippen molar-refractivity contribution in [2.24, 2.45) is 0 Å². The van der Waals surface area contributed by atoms with E-state index in [9.17, 15) is 4.79 Å². The van der Waals surface area contributed by atoms with Gasteiger partial charge >= 0.3 is 0 Å². The summed E-state index contributed by atoms with van der Waals surface area (Å²) in [7, 11) is 4.71. The van der Waals surface area contributed by atoms with Crippen molar-refractivity contribution in [3.05, 3.63) is 95.6 Å². The van der Waals surface area contributed by atoms with Crippen molar-refractivity contribution in [2.45, 2.75) is 25.9 Å². The molecule has 0 bridgehead atoms. The zero-order chi connectivity index (χ0) is 29.1. The Hall–Kier alpha value is -4.41. The minimum atomic E-state index is -0.283. The summed E-state index contributed by atoms with van der Waals surface area (Å²) in [5, 5.41) is 6.96. The number of aryl methyl sites for hydroxylation is 1. The number of methoxy groups -OCH3 is 3. The Labute approximate surface area is 245 Å². The summed E-state index contributed by atoms with van der Waals surface area (Å²) in [6, 6.07) is 21.3. The first-order chi connectivity index (χ1) is 19.9. The average Bonchev–Trinajstić information content (AvgIpc) is 3.48. The van der Waals surface area contributed by atoms with E-state index in [0.717, 1.165) is 39.8 Å². The van der Waals surface area contributed by atoms with Crippen molar-refractivity contribution >= 4 is 34.6 Å². The highest BCUT2D eigenvalue weighted by Crippen LogP contribution is 2.45. The molecule has 41 heavy (non-hydrogen) atoms. The lowest BCUT2D eigenvalue weighted by atomic mass is 9.96. The molecule has 212 valence electrons. The second kappa shape index (κ2) is 12.0. The predicted molar refractivity (Wildman–Crippen MR) is 163 cm³/mol. The summed E-state index contributed by atoms with van der Waals surface area (Å²) in [4.78, 5) is 19.2. The van der Waals surface area contributed by atoms with E-state index >= 15 is 0 Å². The molecular weight excluding hydrogens is 538 g/mol. The largest absolute Gasteiger partial charge is 0.497 e. The summed E-state index contributed by atoms with van der Waals surface area (Å²) >= 11 is 5.94. The molecule has 1 aliphatic heterocycles. The lowest BCUT2D eigenvalue weighted by molar-refractivity contribution is -0.119. The van der Waals surface area contributed by atoms with Gasteiger partial charge in [-0.1, -0.05) is 12.1 Å². The van der Waals surface area contributed by atoms with Gasteiger partial charge in [-0.25, -0.2) is 0 Å². The minimum Gasteiger partial charge on any atom is -0.497 e. The molecule has 1 amide bonds. The summed E-state index contributed by atoms with van der Waals surface area (Å²) in [6.07, 6.45) is 1.79. The van der Waals surface area contributed by atoms with Crippen molar-refractivity contribution in [3.63, 3.8) is 0 Å². The van der Waals surface area contributed by atoms with E-state index in [1.165, 1.54) is 7.11 Å². The van der Waals surface area contributed by atoms with E-state index < -0.39 is 0 Å². The van der Waals surface area contributed by atoms with Gasteiger partial charge in [0.25, 0.3) is 0 Å². The number of rotatable bonds is 9. The zero-order valence-corrected chi connectivity index (χ0v) is 24.5. The lowest BCUT2D eigenvalue weighted by Gasteiger charge is -2.29. The maximum atomic E-state index is 12.4. The van der Waals surface area contributed by atoms with Crippen LogP contribution in [0.25, 0.3) is 5.69 Å². The highest BCUT2D eigenvalue weighted by atomic mass is 32.1. The molecule has 4 aromatic rings. The van der Waals surface area contributed by atoms with E-state index in [0.29, 0.717) is 16.5 Å². The van der Waals surface area contributed by atoms with Crippen LogP contribution < -0.4 is 25.0 Å². The zero-order valence-electron chi connectivity index (χ0n) is 23.7. The topological polar surface area (TPSA) is 89.9 Å². The quantitative estimate of drug-likeness (QED) is 0.263. The number of nitrogens with zero attached hydrogens (tertiary/aromatic N) is 3. The van der Waals surface area contributed by atoms with Gasteiger partial charge in [0, 0.05) is 42.1 Å². The number of pyridine rings is 1. The van der Waals surface area contributed by atoms with Crippen LogP contribution in [0, 0.1) is 13.8 Å². The third kappa shape index (κ3) is 5.48. The molecule has 2 N–H and O–H groups in total. The van der Waals surface area contributed by atoms with Gasteiger partial charge in [-0.05, 0) is 80.2 Å². The van der Waals surface area contributed by atoms with Crippen LogP contribution in [0.2, 0.25) is 0 Å². The van der Waals surface area contributed by atoms with E-state index in [-0.39, 0.29) is 24.6 Å². The van der Waals surface area contributed by atoms with Gasteiger partial charge in [-0.15, -0.1) is 0 Å². The molecule has 1 aliphatic rings. The molecule has 0 saturated carbocycles. The average molecular weight is 572 g/mol. The molecule has 0 radical (unpaired) electrons. The molecule has 2 aromatic heterocycles. The summed E-state index contributed by atoms with van der Waals surface area (Å²) in [6.45, 7) is 4.13. The third-order valence-electron chi connectivity index (χ3n) is 7.21. The van der Waals surface area contributed by atoms with Gasteiger partial charge in [0.15, 0.2) is 5.11 Å². The number of aromatic nitrogens is 2. The maximum Gasteiger partial charge on any atom is 0.250 e. The smallest absolute Gasteiger partial charge is 0.250 e. The standard InChI is InChI=1S/C31H33N5O4S/c1-19-15-24(20(2)35(19)21-9-8-10-23(16-21)39-4)30-29(25-11-6-7-14-32-25)34-31(41)36(30)22-12-13-27(40-5)26(17-22)33-28(37)18-38-3/h6-17,29-30H,18H2,1-5H3,(H,33,37)(H,34,41)/t29-,30+/m0/s1. The van der Waals surface area contributed by atoms with Crippen LogP contribution in [0.1, 0.15) is 34.7 Å². The first kappa shape index (κ1) is 28.1. The Balaban J connectivity index is 1.65. The highest BCUT2D eigenvalue weighted by Gasteiger charge is 2.42. The van der Waals surface area contributed by atoms with E-state index in [2.05, 4.69) is 51.1 Å². The number of nitrogens with one attached hydrogen (secondary N) is 2. The van der Waals surface area contributed by atoms with Crippen molar-refractivity contribution in [1.82, 2.24) is 14.9 Å². The number of carbonyl (C=O) groups excluding carboxylic acids is 1. The Morgan fingerprint density at radius 2 is 1.83 bits per heavy atom. The Morgan fingerprint density at radius 1 is 1.00 bits per heavy atom. The first-order valence-electron chi connectivity index (χ1n) is 13.2. The second-order valence-corrected chi connectivity index (χ2v) is 10.1. The molecule has 0 spiro atoms. The number of hydrogen-bond donors (Lipinski definition) is 2. The predicted octanol–water partition coefficient (Wildman–Crippen LogP) is 5.27. The Morgan fingerprint density at radius 3 is 2.54 bits per heavy atom. The molecule has 10 heteroatoms. The van der Waals surface area contributed by atoms with E-state index in [1.54, 1.807) is 20.4 Å². The molecule has 1 saturated heterocycles. The molecular formula is C31H33N5O4S. The highest BCUT2D eigenvalue weighted by molar-refractivity contribution is 7.80. The van der Waals surface area contributed by atoms with Crippen molar-refractivity contribution < 1.29 is 19.0 Å². The number of amides is 1. The van der Waals surface area contributed by atoms with Crippen molar-refractivity contribution in [2.75, 3.05) is 38.2 Å². The summed E-state index contributed by atoms with van der Waals surface area (Å²) in [5.74, 6) is 1.04. The monoisotopic (exact) mass is 571 g/mol. The van der Waals surface area contributed by atoms with Gasteiger partial charge < -0.3 is 34.3 Å². The second-order valence-electron chi connectivity index (χ2n) is 9.73. The van der Waals surface area contributed by atoms with Gasteiger partial charge in [0.1, 0.15) is 18.1 Å². The SMILES string of the molecule is COCC(=O)Nc1cc(N2C(=S)N[C@@H](c3ccccn3)[C@H]2c2cc(C)n(-c3cccc(OC)c3)c2C)ccc1OC. The lowest BCUT2D eigenvalue weighted by Crippen LogP contribution is -2.29. The number of anilines is 2. The van der Waals surface area contributed by atoms with E-state index in [4.69, 9.17) is 26.4 Å². The van der Waals surface area contributed by atoms with Crippen molar-refractivity contribution in [3.8, 4) is 17.2 Å². The fraction of sp³-hybridized carbons (Fsp3) is 0.258. The van der Waals surface area contributed by atoms with Gasteiger partial charge in [0.2, 0.25) is 5.91 Å². The first-order valence-corrected chi connectivity index (χ1v) is 13.6. The number of thiocarbonyl (C=S) groups is 1. The number of hydrogen-bond acceptors (Lipinski definition) is 6. The van der Waals surface area contributed by atoms with Crippen LogP contribution in [-0.2, 0) is 9.53 Å². The molecule has 0 unspecified atom stereocenters. The van der Waals surface area contributed by atoms with Crippen LogP contribution in [0.15, 0.2) is 72.9 Å². The van der Waals surface area contributed by atoms with Crippen LogP contribution in [0.4, 0.5) is 11.4 Å². The van der Waals surface area contributed by atoms with Gasteiger partial charge in [0.05, 0.1) is 37.7 Å². The van der Waals surface area contributed by atoms with Gasteiger partial charge in [-0.3, -0.25) is 9.78 Å². The fourth-order valence-corrected chi connectivity index (χ4v) is 5.79. The molecule has 2 atom stereocenters. The number of benzene rings is 2.